The molecule has 0 atom stereocenters. The van der Waals surface area contributed by atoms with Crippen LogP contribution in [0.5, 0.6) is 23.0 Å². The highest BCUT2D eigenvalue weighted by Crippen LogP contribution is 2.36. The monoisotopic (exact) mass is 435 g/mol. The Bertz CT molecular complexity index is 1220. The van der Waals surface area contributed by atoms with Crippen molar-refractivity contribution in [2.45, 2.75) is 5.03 Å². The molecule has 3 heterocycles. The molecule has 0 aliphatic carbocycles. The molecule has 0 spiro atoms. The summed E-state index contributed by atoms with van der Waals surface area (Å²) in [5, 5.41) is 13.7. The molecule has 8 nitrogen and oxygen atoms in total. The second-order valence-electron chi connectivity index (χ2n) is 6.84. The number of nitriles is 1. The Hall–Kier alpha value is -3.64. The number of anilines is 1. The van der Waals surface area contributed by atoms with E-state index in [9.17, 15) is 10.1 Å². The summed E-state index contributed by atoms with van der Waals surface area (Å²) in [4.78, 5) is 17.0. The van der Waals surface area contributed by atoms with Crippen LogP contribution in [-0.2, 0) is 4.79 Å². The van der Waals surface area contributed by atoms with E-state index in [1.165, 1.54) is 11.8 Å². The standard InChI is InChI=1S/C22H17N3O5S/c23-11-14-7-13-8-18-20(30-6-5-28-18)10-16(13)25-22(14)31-12-21(26)24-15-1-2-17-19(9-15)29-4-3-27-17/h1-2,7-10H,3-6,12H2,(H,24,26). The fourth-order valence-electron chi connectivity index (χ4n) is 3.34. The van der Waals surface area contributed by atoms with Gasteiger partial charge in [-0.15, -0.1) is 0 Å². The Balaban J connectivity index is 1.31. The molecule has 156 valence electrons. The van der Waals surface area contributed by atoms with Crippen molar-refractivity contribution in [1.29, 1.82) is 5.26 Å². The number of fused-ring (bicyclic) bond motifs is 3. The molecule has 0 saturated carbocycles. The maximum absolute atomic E-state index is 12.5. The zero-order valence-electron chi connectivity index (χ0n) is 16.3. The molecule has 0 unspecified atom stereocenters. The molecule has 2 aliphatic heterocycles. The van der Waals surface area contributed by atoms with Gasteiger partial charge in [0.05, 0.1) is 16.8 Å². The van der Waals surface area contributed by atoms with Crippen molar-refractivity contribution in [3.05, 3.63) is 42.0 Å². The molecular formula is C22H17N3O5S. The van der Waals surface area contributed by atoms with E-state index in [0.717, 1.165) is 5.39 Å². The van der Waals surface area contributed by atoms with Crippen LogP contribution in [0.1, 0.15) is 5.56 Å². The topological polar surface area (TPSA) is 103 Å². The number of amides is 1. The second-order valence-corrected chi connectivity index (χ2v) is 7.80. The maximum Gasteiger partial charge on any atom is 0.234 e. The molecule has 3 aromatic rings. The van der Waals surface area contributed by atoms with Crippen molar-refractivity contribution in [1.82, 2.24) is 4.98 Å². The van der Waals surface area contributed by atoms with Crippen LogP contribution < -0.4 is 24.3 Å². The minimum atomic E-state index is -0.213. The molecule has 9 heteroatoms. The minimum Gasteiger partial charge on any atom is -0.486 e. The molecule has 1 amide bonds. The van der Waals surface area contributed by atoms with Crippen LogP contribution in [0, 0.1) is 11.3 Å². The average Bonchev–Trinajstić information content (AvgIpc) is 2.80. The number of rotatable bonds is 4. The zero-order valence-corrected chi connectivity index (χ0v) is 17.2. The third kappa shape index (κ3) is 4.02. The van der Waals surface area contributed by atoms with Crippen LogP contribution in [0.15, 0.2) is 41.4 Å². The van der Waals surface area contributed by atoms with Gasteiger partial charge in [-0.05, 0) is 24.3 Å². The van der Waals surface area contributed by atoms with Gasteiger partial charge in [0.2, 0.25) is 5.91 Å². The van der Waals surface area contributed by atoms with Gasteiger partial charge in [0.15, 0.2) is 23.0 Å². The molecule has 0 fully saturated rings. The highest BCUT2D eigenvalue weighted by Gasteiger charge is 2.17. The first kappa shape index (κ1) is 19.3. The Morgan fingerprint density at radius 3 is 2.39 bits per heavy atom. The van der Waals surface area contributed by atoms with Gasteiger partial charge in [-0.25, -0.2) is 4.98 Å². The van der Waals surface area contributed by atoms with E-state index in [4.69, 9.17) is 18.9 Å². The van der Waals surface area contributed by atoms with Crippen LogP contribution in [0.2, 0.25) is 0 Å². The Labute approximate surface area is 182 Å². The van der Waals surface area contributed by atoms with Gasteiger partial charge >= 0.3 is 0 Å². The number of benzene rings is 2. The Morgan fingerprint density at radius 1 is 0.968 bits per heavy atom. The molecule has 2 aromatic carbocycles. The van der Waals surface area contributed by atoms with Crippen molar-refractivity contribution in [3.8, 4) is 29.1 Å². The van der Waals surface area contributed by atoms with Gasteiger partial charge < -0.3 is 24.3 Å². The normalized spacial score (nSPS) is 14.0. The molecule has 5 rings (SSSR count). The van der Waals surface area contributed by atoms with Crippen LogP contribution in [0.3, 0.4) is 0 Å². The largest absolute Gasteiger partial charge is 0.486 e. The van der Waals surface area contributed by atoms with Crippen molar-refractivity contribution in [2.24, 2.45) is 0 Å². The van der Waals surface area contributed by atoms with Gasteiger partial charge in [0, 0.05) is 23.2 Å². The number of thioether (sulfide) groups is 1. The number of aromatic nitrogens is 1. The van der Waals surface area contributed by atoms with E-state index in [0.29, 0.717) is 71.2 Å². The molecule has 1 N–H and O–H groups in total. The van der Waals surface area contributed by atoms with Gasteiger partial charge in [0.25, 0.3) is 0 Å². The van der Waals surface area contributed by atoms with Gasteiger partial charge in [-0.3, -0.25) is 4.79 Å². The van der Waals surface area contributed by atoms with Gasteiger partial charge in [-0.2, -0.15) is 5.26 Å². The summed E-state index contributed by atoms with van der Waals surface area (Å²) >= 11 is 1.21. The fraction of sp³-hybridized carbons (Fsp3) is 0.227. The zero-order chi connectivity index (χ0) is 21.2. The lowest BCUT2D eigenvalue weighted by Gasteiger charge is -2.19. The van der Waals surface area contributed by atoms with Crippen LogP contribution in [0.25, 0.3) is 10.9 Å². The third-order valence-electron chi connectivity index (χ3n) is 4.73. The van der Waals surface area contributed by atoms with Crippen molar-refractivity contribution in [2.75, 3.05) is 37.5 Å². The number of carbonyl (C=O) groups excluding carboxylic acids is 1. The Kier molecular flexibility index (Phi) is 5.14. The predicted octanol–water partition coefficient (Wildman–Crippen LogP) is 3.38. The van der Waals surface area contributed by atoms with Gasteiger partial charge in [-0.1, -0.05) is 11.8 Å². The van der Waals surface area contributed by atoms with Crippen LogP contribution in [0.4, 0.5) is 5.69 Å². The molecule has 0 bridgehead atoms. The first-order chi connectivity index (χ1) is 15.2. The van der Waals surface area contributed by atoms with Crippen molar-refractivity contribution >= 4 is 34.3 Å². The van der Waals surface area contributed by atoms with E-state index >= 15 is 0 Å². The van der Waals surface area contributed by atoms with Crippen molar-refractivity contribution < 1.29 is 23.7 Å². The lowest BCUT2D eigenvalue weighted by molar-refractivity contribution is -0.113. The summed E-state index contributed by atoms with van der Waals surface area (Å²) in [5.41, 5.74) is 1.70. The number of pyridine rings is 1. The average molecular weight is 435 g/mol. The summed E-state index contributed by atoms with van der Waals surface area (Å²) in [7, 11) is 0. The second kappa shape index (κ2) is 8.24. The van der Waals surface area contributed by atoms with Gasteiger partial charge in [0.1, 0.15) is 37.5 Å². The van der Waals surface area contributed by atoms with Crippen LogP contribution >= 0.6 is 11.8 Å². The number of ether oxygens (including phenoxy) is 4. The highest BCUT2D eigenvalue weighted by molar-refractivity contribution is 8.00. The lowest BCUT2D eigenvalue weighted by atomic mass is 10.1. The molecule has 0 saturated heterocycles. The summed E-state index contributed by atoms with van der Waals surface area (Å²) in [6.45, 7) is 1.96. The molecule has 0 radical (unpaired) electrons. The first-order valence-corrected chi connectivity index (χ1v) is 10.6. The van der Waals surface area contributed by atoms with E-state index in [-0.39, 0.29) is 11.7 Å². The summed E-state index contributed by atoms with van der Waals surface area (Å²) < 4.78 is 22.2. The van der Waals surface area contributed by atoms with Crippen LogP contribution in [-0.4, -0.2) is 43.1 Å². The summed E-state index contributed by atoms with van der Waals surface area (Å²) in [6, 6.07) is 12.8. The number of hydrogen-bond donors (Lipinski definition) is 1. The highest BCUT2D eigenvalue weighted by atomic mass is 32.2. The van der Waals surface area contributed by atoms with E-state index in [1.807, 2.05) is 6.07 Å². The Morgan fingerprint density at radius 2 is 1.65 bits per heavy atom. The SMILES string of the molecule is N#Cc1cc2cc3c(cc2nc1SCC(=O)Nc1ccc2c(c1)OCCO2)OCCO3. The fourth-order valence-corrected chi connectivity index (χ4v) is 4.10. The summed E-state index contributed by atoms with van der Waals surface area (Å²) in [6.07, 6.45) is 0. The van der Waals surface area contributed by atoms with Crippen molar-refractivity contribution in [3.63, 3.8) is 0 Å². The molecule has 31 heavy (non-hydrogen) atoms. The van der Waals surface area contributed by atoms with E-state index < -0.39 is 0 Å². The molecule has 1 aromatic heterocycles. The molecular weight excluding hydrogens is 418 g/mol. The maximum atomic E-state index is 12.5. The third-order valence-corrected chi connectivity index (χ3v) is 5.72. The lowest BCUT2D eigenvalue weighted by Crippen LogP contribution is -2.17. The number of nitrogens with one attached hydrogen (secondary N) is 1. The quantitative estimate of drug-likeness (QED) is 0.622. The van der Waals surface area contributed by atoms with E-state index in [1.54, 1.807) is 30.3 Å². The van der Waals surface area contributed by atoms with E-state index in [2.05, 4.69) is 16.4 Å². The smallest absolute Gasteiger partial charge is 0.234 e. The summed E-state index contributed by atoms with van der Waals surface area (Å²) in [5.74, 6) is 2.43. The predicted molar refractivity (Wildman–Crippen MR) is 114 cm³/mol. The minimum absolute atomic E-state index is 0.103. The molecule has 2 aliphatic rings. The number of nitrogens with zero attached hydrogens (tertiary/aromatic N) is 2. The number of hydrogen-bond acceptors (Lipinski definition) is 8. The number of carbonyl (C=O) groups is 1. The first-order valence-electron chi connectivity index (χ1n) is 9.66.